The number of aromatic nitrogens is 8. The highest BCUT2D eigenvalue weighted by Gasteiger charge is 2.31. The largest absolute Gasteiger partial charge is 0.308 e. The lowest BCUT2D eigenvalue weighted by molar-refractivity contribution is 1.14. The Balaban J connectivity index is 1.05. The van der Waals surface area contributed by atoms with E-state index < -0.39 is 0 Å². The molecule has 14 rings (SSSR count). The molecule has 12 heteroatoms. The van der Waals surface area contributed by atoms with Crippen molar-refractivity contribution in [1.29, 1.82) is 0 Å². The van der Waals surface area contributed by atoms with Crippen molar-refractivity contribution in [3.8, 4) is 79.2 Å². The number of nitrogens with zero attached hydrogens (tertiary/aromatic N) is 10. The molecule has 0 aliphatic carbocycles. The molecule has 0 saturated heterocycles. The summed E-state index contributed by atoms with van der Waals surface area (Å²) in [4.78, 5) is 48.5. The van der Waals surface area contributed by atoms with Crippen molar-refractivity contribution in [2.75, 3.05) is 9.80 Å². The molecule has 0 bridgehead atoms. The van der Waals surface area contributed by atoms with E-state index in [0.29, 0.717) is 23.0 Å². The first kappa shape index (κ1) is 45.0. The van der Waals surface area contributed by atoms with Crippen molar-refractivity contribution in [3.05, 3.63) is 243 Å². The van der Waals surface area contributed by atoms with Gasteiger partial charge < -0.3 is 9.80 Å². The van der Waals surface area contributed by atoms with Gasteiger partial charge in [0, 0.05) is 90.1 Å². The minimum Gasteiger partial charge on any atom is -0.308 e. The Labute approximate surface area is 447 Å². The molecule has 6 aromatic carbocycles. The average Bonchev–Trinajstić information content (AvgIpc) is 3.58. The van der Waals surface area contributed by atoms with E-state index in [1.54, 1.807) is 60.7 Å². The molecule has 0 spiro atoms. The molecule has 10 nitrogen and oxygen atoms in total. The van der Waals surface area contributed by atoms with Gasteiger partial charge in [0.05, 0.1) is 68.3 Å². The van der Waals surface area contributed by atoms with Gasteiger partial charge in [-0.2, -0.15) is 0 Å². The van der Waals surface area contributed by atoms with Crippen LogP contribution in [0.2, 0.25) is 0 Å². The molecule has 0 radical (unpaired) electrons. The lowest BCUT2D eigenvalue weighted by atomic mass is 9.94. The summed E-state index contributed by atoms with van der Waals surface area (Å²) in [6, 6.07) is 71.7. The van der Waals surface area contributed by atoms with E-state index in [4.69, 9.17) is 29.9 Å². The molecule has 0 atom stereocenters. The van der Waals surface area contributed by atoms with Crippen molar-refractivity contribution in [2.45, 2.75) is 19.6 Å². The fourth-order valence-electron chi connectivity index (χ4n) is 9.87. The molecule has 6 aromatic heterocycles. The highest BCUT2D eigenvalue weighted by atomic mass is 32.2. The van der Waals surface area contributed by atoms with Crippen LogP contribution in [0.25, 0.3) is 79.2 Å². The summed E-state index contributed by atoms with van der Waals surface area (Å²) in [5, 5.41) is 0. The van der Waals surface area contributed by atoms with Crippen molar-refractivity contribution in [2.24, 2.45) is 0 Å². The summed E-state index contributed by atoms with van der Waals surface area (Å²) in [6.45, 7) is 0. The lowest BCUT2D eigenvalue weighted by Gasteiger charge is -2.36. The Kier molecular flexibility index (Phi) is 11.5. The van der Waals surface area contributed by atoms with Gasteiger partial charge in [0.25, 0.3) is 0 Å². The van der Waals surface area contributed by atoms with Gasteiger partial charge >= 0.3 is 0 Å². The second kappa shape index (κ2) is 19.3. The zero-order chi connectivity index (χ0) is 50.4. The third-order valence-electron chi connectivity index (χ3n) is 13.4. The van der Waals surface area contributed by atoms with Crippen LogP contribution < -0.4 is 9.80 Å². The Bertz CT molecular complexity index is 3670. The first-order valence-electron chi connectivity index (χ1n) is 24.7. The second-order valence-corrected chi connectivity index (χ2v) is 20.2. The molecule has 0 N–H and O–H groups in total. The van der Waals surface area contributed by atoms with Gasteiger partial charge in [-0.15, -0.1) is 0 Å². The number of fused-ring (bicyclic) bond motifs is 4. The van der Waals surface area contributed by atoms with E-state index in [-0.39, 0.29) is 0 Å². The summed E-state index contributed by atoms with van der Waals surface area (Å²) >= 11 is 3.57. The van der Waals surface area contributed by atoms with Gasteiger partial charge in [-0.25, -0.2) is 19.9 Å². The summed E-state index contributed by atoms with van der Waals surface area (Å²) in [6.07, 6.45) is 10.7. The molecule has 0 saturated carbocycles. The predicted octanol–water partition coefficient (Wildman–Crippen LogP) is 16.4. The van der Waals surface area contributed by atoms with Crippen LogP contribution in [0, 0.1) is 0 Å². The maximum absolute atomic E-state index is 5.29. The third-order valence-corrected chi connectivity index (χ3v) is 15.6. The van der Waals surface area contributed by atoms with E-state index >= 15 is 0 Å². The third kappa shape index (κ3) is 8.31. The molecule has 0 fully saturated rings. The molecular weight excluding hydrogens is 973 g/mol. The van der Waals surface area contributed by atoms with E-state index in [0.717, 1.165) is 110 Å². The van der Waals surface area contributed by atoms with E-state index in [1.165, 1.54) is 0 Å². The van der Waals surface area contributed by atoms with Crippen molar-refractivity contribution in [1.82, 2.24) is 39.9 Å². The Morgan fingerprint density at radius 2 is 0.658 bits per heavy atom. The van der Waals surface area contributed by atoms with Crippen LogP contribution in [0.15, 0.2) is 263 Å². The van der Waals surface area contributed by atoms with Crippen LogP contribution in [0.1, 0.15) is 0 Å². The summed E-state index contributed by atoms with van der Waals surface area (Å²) < 4.78 is 0. The molecule has 76 heavy (non-hydrogen) atoms. The average molecular weight is 1010 g/mol. The number of pyridine rings is 4. The SMILES string of the molecule is c1ccc(-c2cc(-c3ccc(-c4ccc(-c5cc(-c6ccccn6)nc(-c6cccnc6)n5)cc4N4c5ccccc5Sc5ccccc54)c(N4c5ccccc5Sc5ccccc54)c3)nc(-c3cccnc3)n2)nc1. The van der Waals surface area contributed by atoms with Gasteiger partial charge in [-0.05, 0) is 121 Å². The van der Waals surface area contributed by atoms with Crippen LogP contribution in [0.4, 0.5) is 34.1 Å². The highest BCUT2D eigenvalue weighted by Crippen LogP contribution is 2.57. The molecular formula is C64H40N10S2. The molecule has 2 aliphatic heterocycles. The highest BCUT2D eigenvalue weighted by molar-refractivity contribution is 8.00. The van der Waals surface area contributed by atoms with E-state index in [1.807, 2.05) is 72.8 Å². The Morgan fingerprint density at radius 1 is 0.276 bits per heavy atom. The smallest absolute Gasteiger partial charge is 0.162 e. The lowest BCUT2D eigenvalue weighted by Crippen LogP contribution is -2.18. The number of para-hydroxylation sites is 4. The van der Waals surface area contributed by atoms with E-state index in [9.17, 15) is 0 Å². The minimum atomic E-state index is 0.558. The Morgan fingerprint density at radius 3 is 1.03 bits per heavy atom. The summed E-state index contributed by atoms with van der Waals surface area (Å²) in [7, 11) is 0. The van der Waals surface area contributed by atoms with Crippen LogP contribution in [-0.4, -0.2) is 39.9 Å². The zero-order valence-electron chi connectivity index (χ0n) is 40.4. The number of benzene rings is 6. The molecule has 358 valence electrons. The first-order valence-corrected chi connectivity index (χ1v) is 26.3. The van der Waals surface area contributed by atoms with Gasteiger partial charge in [0.1, 0.15) is 0 Å². The van der Waals surface area contributed by atoms with Gasteiger partial charge in [0.15, 0.2) is 11.6 Å². The van der Waals surface area contributed by atoms with Crippen molar-refractivity contribution >= 4 is 57.6 Å². The molecule has 2 aliphatic rings. The number of hydrogen-bond acceptors (Lipinski definition) is 12. The monoisotopic (exact) mass is 1010 g/mol. The van der Waals surface area contributed by atoms with Crippen LogP contribution >= 0.6 is 23.5 Å². The molecule has 0 unspecified atom stereocenters. The first-order chi connectivity index (χ1) is 37.7. The van der Waals surface area contributed by atoms with Gasteiger partial charge in [-0.3, -0.25) is 19.9 Å². The van der Waals surface area contributed by atoms with Crippen LogP contribution in [-0.2, 0) is 0 Å². The topological polar surface area (TPSA) is 110 Å². The maximum atomic E-state index is 5.29. The quantitative estimate of drug-likeness (QED) is 0.137. The van der Waals surface area contributed by atoms with Crippen molar-refractivity contribution in [3.63, 3.8) is 0 Å². The maximum Gasteiger partial charge on any atom is 0.162 e. The fraction of sp³-hybridized carbons (Fsp3) is 0. The fourth-order valence-corrected chi connectivity index (χ4v) is 12.0. The second-order valence-electron chi connectivity index (χ2n) is 18.0. The molecule has 8 heterocycles. The molecule has 12 aromatic rings. The zero-order valence-corrected chi connectivity index (χ0v) is 42.0. The number of anilines is 6. The van der Waals surface area contributed by atoms with Crippen LogP contribution in [0.5, 0.6) is 0 Å². The predicted molar refractivity (Wildman–Crippen MR) is 304 cm³/mol. The van der Waals surface area contributed by atoms with Crippen LogP contribution in [0.3, 0.4) is 0 Å². The normalized spacial score (nSPS) is 12.3. The van der Waals surface area contributed by atoms with Gasteiger partial charge in [-0.1, -0.05) is 108 Å². The number of hydrogen-bond donors (Lipinski definition) is 0. The Hall–Kier alpha value is -9.62. The molecule has 0 amide bonds. The standard InChI is InChI=1S/C64H40N10S2/c1-5-23-59-53(19-1)73(54-20-2-6-24-60(54)75-59)57-35-41(49-37-51(47-17-9-11-33-67-47)71-63(69-49)43-15-13-31-65-39-43)27-29-45(57)46-30-28-42(36-58(46)74-55-21-3-7-25-61(55)76-62-26-8-4-22-56(62)74)50-38-52(48-18-10-12-34-68-48)72-64(70-50)44-16-14-32-66-40-44/h1-40H. The summed E-state index contributed by atoms with van der Waals surface area (Å²) in [5.74, 6) is 1.12. The van der Waals surface area contributed by atoms with Crippen molar-refractivity contribution < 1.29 is 0 Å². The van der Waals surface area contributed by atoms with E-state index in [2.05, 4.69) is 153 Å². The number of rotatable bonds is 9. The van der Waals surface area contributed by atoms with Gasteiger partial charge in [0.2, 0.25) is 0 Å². The minimum absolute atomic E-state index is 0.558. The summed E-state index contributed by atoms with van der Waals surface area (Å²) in [5.41, 5.74) is 16.1.